The molecule has 0 radical (unpaired) electrons. The molecule has 0 aliphatic carbocycles. The minimum absolute atomic E-state index is 0.221. The van der Waals surface area contributed by atoms with Gasteiger partial charge in [-0.05, 0) is 31.6 Å². The number of unbranched alkanes of at least 4 members (excludes halogenated alkanes) is 2. The Balaban J connectivity index is 2.55. The number of rotatable bonds is 10. The Morgan fingerprint density at radius 2 is 2.00 bits per heavy atom. The fourth-order valence-corrected chi connectivity index (χ4v) is 2.55. The smallest absolute Gasteiger partial charge is 0.191 e. The van der Waals surface area contributed by atoms with Gasteiger partial charge in [0, 0.05) is 20.1 Å². The Kier molecular flexibility index (Phi) is 9.39. The lowest BCUT2D eigenvalue weighted by atomic mass is 10.2. The number of hydrogen-bond donors (Lipinski definition) is 2. The van der Waals surface area contributed by atoms with Gasteiger partial charge in [-0.2, -0.15) is 0 Å². The second kappa shape index (κ2) is 11.1. The van der Waals surface area contributed by atoms with Crippen LogP contribution in [0, 0.1) is 0 Å². The van der Waals surface area contributed by atoms with Crippen molar-refractivity contribution in [2.45, 2.75) is 46.1 Å². The zero-order chi connectivity index (χ0) is 16.2. The van der Waals surface area contributed by atoms with Crippen molar-refractivity contribution < 1.29 is 4.42 Å². The monoisotopic (exact) mass is 308 g/mol. The van der Waals surface area contributed by atoms with E-state index in [0.717, 1.165) is 37.9 Å². The molecule has 0 aliphatic rings. The third-order valence-corrected chi connectivity index (χ3v) is 3.88. The van der Waals surface area contributed by atoms with Gasteiger partial charge in [0.05, 0.1) is 12.3 Å². The van der Waals surface area contributed by atoms with Crippen molar-refractivity contribution in [3.05, 3.63) is 24.2 Å². The predicted octanol–water partition coefficient (Wildman–Crippen LogP) is 3.02. The number of furan rings is 1. The van der Waals surface area contributed by atoms with Gasteiger partial charge in [-0.3, -0.25) is 9.89 Å². The van der Waals surface area contributed by atoms with Crippen LogP contribution in [0.4, 0.5) is 0 Å². The van der Waals surface area contributed by atoms with Crippen molar-refractivity contribution in [1.82, 2.24) is 15.5 Å². The molecule has 1 aromatic rings. The second-order valence-electron chi connectivity index (χ2n) is 5.34. The van der Waals surface area contributed by atoms with Crippen LogP contribution in [-0.2, 0) is 0 Å². The van der Waals surface area contributed by atoms with Crippen molar-refractivity contribution in [2.75, 3.05) is 33.2 Å². The van der Waals surface area contributed by atoms with Crippen LogP contribution >= 0.6 is 0 Å². The second-order valence-corrected chi connectivity index (χ2v) is 5.34. The third-order valence-electron chi connectivity index (χ3n) is 3.88. The van der Waals surface area contributed by atoms with E-state index < -0.39 is 0 Å². The van der Waals surface area contributed by atoms with Gasteiger partial charge < -0.3 is 15.1 Å². The largest absolute Gasteiger partial charge is 0.468 e. The number of hydrogen-bond acceptors (Lipinski definition) is 3. The summed E-state index contributed by atoms with van der Waals surface area (Å²) in [5.74, 6) is 1.86. The summed E-state index contributed by atoms with van der Waals surface area (Å²) in [6.07, 6.45) is 5.40. The highest BCUT2D eigenvalue weighted by atomic mass is 16.3. The minimum Gasteiger partial charge on any atom is -0.468 e. The summed E-state index contributed by atoms with van der Waals surface area (Å²) < 4.78 is 5.62. The van der Waals surface area contributed by atoms with Crippen molar-refractivity contribution >= 4 is 5.96 Å². The van der Waals surface area contributed by atoms with E-state index >= 15 is 0 Å². The zero-order valence-corrected chi connectivity index (χ0v) is 14.6. The van der Waals surface area contributed by atoms with E-state index in [9.17, 15) is 0 Å². The highest BCUT2D eigenvalue weighted by Crippen LogP contribution is 2.20. The zero-order valence-electron chi connectivity index (χ0n) is 14.6. The molecule has 1 aromatic heterocycles. The van der Waals surface area contributed by atoms with Crippen LogP contribution < -0.4 is 10.6 Å². The summed E-state index contributed by atoms with van der Waals surface area (Å²) in [6.45, 7) is 10.3. The van der Waals surface area contributed by atoms with E-state index in [4.69, 9.17) is 4.42 Å². The molecule has 5 heteroatoms. The quantitative estimate of drug-likeness (QED) is 0.396. The first-order chi connectivity index (χ1) is 10.8. The molecule has 0 fully saturated rings. The molecule has 0 spiro atoms. The van der Waals surface area contributed by atoms with Crippen LogP contribution in [0.25, 0.3) is 0 Å². The van der Waals surface area contributed by atoms with Crippen LogP contribution in [0.15, 0.2) is 27.8 Å². The molecule has 0 aliphatic heterocycles. The van der Waals surface area contributed by atoms with Gasteiger partial charge >= 0.3 is 0 Å². The summed E-state index contributed by atoms with van der Waals surface area (Å²) in [5, 5.41) is 6.79. The average molecular weight is 308 g/mol. The van der Waals surface area contributed by atoms with Crippen LogP contribution in [0.3, 0.4) is 0 Å². The summed E-state index contributed by atoms with van der Waals surface area (Å²) in [7, 11) is 1.81. The van der Waals surface area contributed by atoms with E-state index in [2.05, 4.69) is 41.3 Å². The lowest BCUT2D eigenvalue weighted by molar-refractivity contribution is 0.193. The van der Waals surface area contributed by atoms with Gasteiger partial charge in [0.15, 0.2) is 5.96 Å². The van der Waals surface area contributed by atoms with Crippen LogP contribution in [-0.4, -0.2) is 44.1 Å². The van der Waals surface area contributed by atoms with Gasteiger partial charge in [0.2, 0.25) is 0 Å². The van der Waals surface area contributed by atoms with Gasteiger partial charge in [-0.1, -0.05) is 33.6 Å². The third kappa shape index (κ3) is 6.10. The number of likely N-dealkylation sites (N-methyl/N-ethyl adjacent to an activating group) is 1. The summed E-state index contributed by atoms with van der Waals surface area (Å²) in [6, 6.07) is 4.21. The van der Waals surface area contributed by atoms with E-state index in [0.29, 0.717) is 0 Å². The normalized spacial score (nSPS) is 13.4. The van der Waals surface area contributed by atoms with Crippen molar-refractivity contribution in [3.63, 3.8) is 0 Å². The van der Waals surface area contributed by atoms with Crippen molar-refractivity contribution in [3.8, 4) is 0 Å². The summed E-state index contributed by atoms with van der Waals surface area (Å²) >= 11 is 0. The van der Waals surface area contributed by atoms with E-state index in [-0.39, 0.29) is 6.04 Å². The maximum absolute atomic E-state index is 5.62. The van der Waals surface area contributed by atoms with Gasteiger partial charge in [0.25, 0.3) is 0 Å². The number of nitrogens with one attached hydrogen (secondary N) is 2. The standard InChI is InChI=1S/C17H32N4O/c1-5-8-9-12-19-17(18-4)20-14-15(21(6-2)7-3)16-11-10-13-22-16/h10-11,13,15H,5-9,12,14H2,1-4H3,(H2,18,19,20). The first-order valence-corrected chi connectivity index (χ1v) is 8.48. The highest BCUT2D eigenvalue weighted by Gasteiger charge is 2.20. The highest BCUT2D eigenvalue weighted by molar-refractivity contribution is 5.79. The van der Waals surface area contributed by atoms with Crippen molar-refractivity contribution in [2.24, 2.45) is 4.99 Å². The topological polar surface area (TPSA) is 52.8 Å². The van der Waals surface area contributed by atoms with Crippen LogP contribution in [0.5, 0.6) is 0 Å². The van der Waals surface area contributed by atoms with E-state index in [1.54, 1.807) is 6.26 Å². The fourth-order valence-electron chi connectivity index (χ4n) is 2.55. The Morgan fingerprint density at radius 1 is 1.23 bits per heavy atom. The molecule has 1 unspecified atom stereocenters. The Hall–Kier alpha value is -1.49. The lowest BCUT2D eigenvalue weighted by Crippen LogP contribution is -2.43. The lowest BCUT2D eigenvalue weighted by Gasteiger charge is -2.28. The molecule has 1 heterocycles. The summed E-state index contributed by atoms with van der Waals surface area (Å²) in [5.41, 5.74) is 0. The molecular formula is C17H32N4O. The molecule has 22 heavy (non-hydrogen) atoms. The predicted molar refractivity (Wildman–Crippen MR) is 93.3 cm³/mol. The molecule has 5 nitrogen and oxygen atoms in total. The Morgan fingerprint density at radius 3 is 2.55 bits per heavy atom. The first kappa shape index (κ1) is 18.6. The minimum atomic E-state index is 0.221. The molecular weight excluding hydrogens is 276 g/mol. The SMILES string of the molecule is CCCCCNC(=NC)NCC(c1ccco1)N(CC)CC. The van der Waals surface area contributed by atoms with Gasteiger partial charge in [-0.15, -0.1) is 0 Å². The molecule has 0 bridgehead atoms. The first-order valence-electron chi connectivity index (χ1n) is 8.48. The van der Waals surface area contributed by atoms with Crippen LogP contribution in [0.2, 0.25) is 0 Å². The molecule has 0 aromatic carbocycles. The molecule has 0 amide bonds. The van der Waals surface area contributed by atoms with E-state index in [1.165, 1.54) is 19.3 Å². The maximum Gasteiger partial charge on any atom is 0.191 e. The number of guanidine groups is 1. The number of nitrogens with zero attached hydrogens (tertiary/aromatic N) is 2. The molecule has 2 N–H and O–H groups in total. The summed E-state index contributed by atoms with van der Waals surface area (Å²) in [4.78, 5) is 6.68. The van der Waals surface area contributed by atoms with Crippen molar-refractivity contribution in [1.29, 1.82) is 0 Å². The van der Waals surface area contributed by atoms with E-state index in [1.807, 2.05) is 19.2 Å². The number of aliphatic imine (C=N–C) groups is 1. The molecule has 126 valence electrons. The van der Waals surface area contributed by atoms with Gasteiger partial charge in [0.1, 0.15) is 5.76 Å². The average Bonchev–Trinajstić information content (AvgIpc) is 3.07. The Bertz CT molecular complexity index is 399. The maximum atomic E-state index is 5.62. The van der Waals surface area contributed by atoms with Crippen LogP contribution in [0.1, 0.15) is 51.8 Å². The molecule has 1 atom stereocenters. The Labute approximate surface area is 135 Å². The molecule has 0 saturated carbocycles. The molecule has 1 rings (SSSR count). The van der Waals surface area contributed by atoms with Gasteiger partial charge in [-0.25, -0.2) is 0 Å². The molecule has 0 saturated heterocycles. The fraction of sp³-hybridized carbons (Fsp3) is 0.706.